The highest BCUT2D eigenvalue weighted by Crippen LogP contribution is 2.43. The smallest absolute Gasteiger partial charge is 0.238 e. The number of hydrogen-bond donors (Lipinski definition) is 0. The summed E-state index contributed by atoms with van der Waals surface area (Å²) < 4.78 is 4.68. The maximum atomic E-state index is 5.34. The molecule has 0 atom stereocenters. The third kappa shape index (κ3) is 6.76. The van der Waals surface area contributed by atoms with E-state index in [0.29, 0.717) is 17.6 Å². The summed E-state index contributed by atoms with van der Waals surface area (Å²) >= 11 is 0. The van der Waals surface area contributed by atoms with Gasteiger partial charge in [-0.3, -0.25) is 4.57 Å². The largest absolute Gasteiger partial charge is 0.309 e. The van der Waals surface area contributed by atoms with E-state index < -0.39 is 0 Å². The van der Waals surface area contributed by atoms with Crippen molar-refractivity contribution < 1.29 is 0 Å². The van der Waals surface area contributed by atoms with E-state index in [1.807, 2.05) is 24.3 Å². The quantitative estimate of drug-likeness (QED) is 0.153. The molecule has 0 aliphatic heterocycles. The van der Waals surface area contributed by atoms with Crippen molar-refractivity contribution in [3.8, 4) is 78.9 Å². The second kappa shape index (κ2) is 16.4. The molecule has 0 unspecified atom stereocenters. The number of para-hydroxylation sites is 2. The van der Waals surface area contributed by atoms with Crippen molar-refractivity contribution in [3.63, 3.8) is 0 Å². The average molecular weight is 868 g/mol. The molecular weight excluding hydrogens is 827 g/mol. The van der Waals surface area contributed by atoms with Crippen LogP contribution in [0.2, 0.25) is 0 Å². The Morgan fingerprint density at radius 1 is 0.235 bits per heavy atom. The van der Waals surface area contributed by atoms with Gasteiger partial charge in [0.15, 0.2) is 11.6 Å². The number of hydrogen-bond acceptors (Lipinski definition) is 3. The average Bonchev–Trinajstić information content (AvgIpc) is 3.92. The van der Waals surface area contributed by atoms with E-state index in [-0.39, 0.29) is 0 Å². The molecule has 0 N–H and O–H groups in total. The Hall–Kier alpha value is -9.19. The molecule has 0 bridgehead atoms. The van der Waals surface area contributed by atoms with Crippen molar-refractivity contribution in [1.29, 1.82) is 0 Å². The van der Waals surface area contributed by atoms with Gasteiger partial charge >= 0.3 is 0 Å². The highest BCUT2D eigenvalue weighted by molar-refractivity contribution is 6.19. The van der Waals surface area contributed by atoms with Gasteiger partial charge in [-0.2, -0.15) is 9.97 Å². The van der Waals surface area contributed by atoms with Crippen molar-refractivity contribution in [2.24, 2.45) is 0 Å². The minimum atomic E-state index is 0.555. The van der Waals surface area contributed by atoms with Crippen LogP contribution in [0.1, 0.15) is 0 Å². The summed E-state index contributed by atoms with van der Waals surface area (Å²) in [5.74, 6) is 1.77. The number of benzene rings is 10. The van der Waals surface area contributed by atoms with Gasteiger partial charge in [-0.25, -0.2) is 4.98 Å². The second-order valence-electron chi connectivity index (χ2n) is 17.2. The van der Waals surface area contributed by atoms with E-state index in [1.165, 1.54) is 27.5 Å². The Bertz CT molecular complexity index is 3990. The molecule has 0 aliphatic carbocycles. The lowest BCUT2D eigenvalue weighted by atomic mass is 9.94. The minimum absolute atomic E-state index is 0.555. The molecule has 5 heteroatoms. The standard InChI is InChI=1S/C63H41N5/c1-5-18-42(19-6-1)45-32-34-47(35-33-45)62-64-61(46-24-11-4-12-25-46)65-63(66-62)68-57-31-16-14-29-52(57)55-40-54-51-28-13-15-30-56(51)67(59(54)41-60(55)68)58-37-36-49(44-22-9-3-10-23-44)39-53(58)50-27-17-26-48(38-50)43-20-7-2-8-21-43/h1-41H. The summed E-state index contributed by atoms with van der Waals surface area (Å²) in [7, 11) is 0. The normalized spacial score (nSPS) is 11.5. The van der Waals surface area contributed by atoms with E-state index >= 15 is 0 Å². The third-order valence-electron chi connectivity index (χ3n) is 13.2. The van der Waals surface area contributed by atoms with Crippen LogP contribution in [-0.2, 0) is 0 Å². The van der Waals surface area contributed by atoms with Crippen LogP contribution in [0.15, 0.2) is 249 Å². The van der Waals surface area contributed by atoms with Gasteiger partial charge in [0.05, 0.1) is 27.8 Å². The fourth-order valence-electron chi connectivity index (χ4n) is 9.93. The van der Waals surface area contributed by atoms with Gasteiger partial charge in [0.1, 0.15) is 0 Å². The second-order valence-corrected chi connectivity index (χ2v) is 17.2. The first kappa shape index (κ1) is 39.2. The van der Waals surface area contributed by atoms with Crippen molar-refractivity contribution in [2.75, 3.05) is 0 Å². The zero-order chi connectivity index (χ0) is 45.0. The molecule has 68 heavy (non-hydrogen) atoms. The maximum absolute atomic E-state index is 5.34. The van der Waals surface area contributed by atoms with Crippen LogP contribution in [0, 0.1) is 0 Å². The van der Waals surface area contributed by atoms with E-state index in [4.69, 9.17) is 15.0 Å². The lowest BCUT2D eigenvalue weighted by Crippen LogP contribution is -2.06. The fourth-order valence-corrected chi connectivity index (χ4v) is 9.93. The molecule has 3 aromatic heterocycles. The molecular formula is C63H41N5. The molecule has 0 aliphatic rings. The Kier molecular flexibility index (Phi) is 9.43. The fraction of sp³-hybridized carbons (Fsp3) is 0. The molecule has 0 saturated heterocycles. The summed E-state index contributed by atoms with van der Waals surface area (Å²) in [6, 6.07) is 88.4. The molecule has 0 amide bonds. The van der Waals surface area contributed by atoms with Crippen LogP contribution in [0.3, 0.4) is 0 Å². The number of nitrogens with zero attached hydrogens (tertiary/aromatic N) is 5. The molecule has 0 radical (unpaired) electrons. The SMILES string of the molecule is c1ccc(-c2ccc(-c3nc(-c4ccccc4)nc(-n4c5ccccc5c5cc6c7ccccc7n(-c7ccc(-c8ccccc8)cc7-c7cccc(-c8ccccc8)c7)c6cc54)n3)cc2)cc1. The minimum Gasteiger partial charge on any atom is -0.309 e. The number of fused-ring (bicyclic) bond motifs is 6. The summed E-state index contributed by atoms with van der Waals surface area (Å²) in [6.07, 6.45) is 0. The topological polar surface area (TPSA) is 48.5 Å². The maximum Gasteiger partial charge on any atom is 0.238 e. The first-order valence-electron chi connectivity index (χ1n) is 23.0. The van der Waals surface area contributed by atoms with Crippen LogP contribution < -0.4 is 0 Å². The molecule has 13 rings (SSSR count). The van der Waals surface area contributed by atoms with Crippen molar-refractivity contribution in [1.82, 2.24) is 24.1 Å². The van der Waals surface area contributed by atoms with Gasteiger partial charge in [0, 0.05) is 38.2 Å². The van der Waals surface area contributed by atoms with Crippen molar-refractivity contribution in [2.45, 2.75) is 0 Å². The van der Waals surface area contributed by atoms with Crippen LogP contribution in [0.4, 0.5) is 0 Å². The van der Waals surface area contributed by atoms with Crippen LogP contribution in [0.25, 0.3) is 123 Å². The Morgan fingerprint density at radius 3 is 1.25 bits per heavy atom. The molecule has 0 spiro atoms. The first-order valence-corrected chi connectivity index (χ1v) is 23.0. The van der Waals surface area contributed by atoms with Gasteiger partial charge in [0.25, 0.3) is 0 Å². The molecule has 10 aromatic carbocycles. The van der Waals surface area contributed by atoms with Crippen LogP contribution in [-0.4, -0.2) is 24.1 Å². The van der Waals surface area contributed by atoms with Crippen LogP contribution in [0.5, 0.6) is 0 Å². The van der Waals surface area contributed by atoms with Crippen molar-refractivity contribution >= 4 is 43.6 Å². The third-order valence-corrected chi connectivity index (χ3v) is 13.2. The predicted molar refractivity (Wildman–Crippen MR) is 281 cm³/mol. The molecule has 0 saturated carbocycles. The summed E-state index contributed by atoms with van der Waals surface area (Å²) in [4.78, 5) is 15.8. The Morgan fingerprint density at radius 2 is 0.647 bits per heavy atom. The summed E-state index contributed by atoms with van der Waals surface area (Å²) in [5.41, 5.74) is 16.4. The first-order chi connectivity index (χ1) is 33.7. The summed E-state index contributed by atoms with van der Waals surface area (Å²) in [5, 5.41) is 4.61. The molecule has 0 fully saturated rings. The molecule has 3 heterocycles. The zero-order valence-corrected chi connectivity index (χ0v) is 36.9. The van der Waals surface area contributed by atoms with E-state index in [2.05, 4.69) is 234 Å². The Labute approximate surface area is 393 Å². The number of rotatable bonds is 8. The Balaban J connectivity index is 1.07. The lowest BCUT2D eigenvalue weighted by molar-refractivity contribution is 0.953. The van der Waals surface area contributed by atoms with Crippen LogP contribution >= 0.6 is 0 Å². The highest BCUT2D eigenvalue weighted by Gasteiger charge is 2.23. The van der Waals surface area contributed by atoms with Gasteiger partial charge in [-0.1, -0.05) is 206 Å². The van der Waals surface area contributed by atoms with Gasteiger partial charge in [0.2, 0.25) is 5.95 Å². The summed E-state index contributed by atoms with van der Waals surface area (Å²) in [6.45, 7) is 0. The molecule has 13 aromatic rings. The zero-order valence-electron chi connectivity index (χ0n) is 36.9. The monoisotopic (exact) mass is 867 g/mol. The predicted octanol–water partition coefficient (Wildman–Crippen LogP) is 16.1. The van der Waals surface area contributed by atoms with Gasteiger partial charge < -0.3 is 4.57 Å². The number of aromatic nitrogens is 5. The van der Waals surface area contributed by atoms with Gasteiger partial charge in [-0.15, -0.1) is 0 Å². The van der Waals surface area contributed by atoms with E-state index in [1.54, 1.807) is 0 Å². The van der Waals surface area contributed by atoms with E-state index in [0.717, 1.165) is 77.5 Å². The lowest BCUT2D eigenvalue weighted by Gasteiger charge is -2.17. The van der Waals surface area contributed by atoms with E-state index in [9.17, 15) is 0 Å². The van der Waals surface area contributed by atoms with Crippen molar-refractivity contribution in [3.05, 3.63) is 249 Å². The van der Waals surface area contributed by atoms with Gasteiger partial charge in [-0.05, 0) is 81.4 Å². The highest BCUT2D eigenvalue weighted by atomic mass is 15.2. The molecule has 5 nitrogen and oxygen atoms in total. The molecule has 318 valence electrons.